The van der Waals surface area contributed by atoms with Crippen molar-refractivity contribution in [2.24, 2.45) is 7.05 Å². The van der Waals surface area contributed by atoms with Crippen molar-refractivity contribution < 1.29 is 45.8 Å². The van der Waals surface area contributed by atoms with Crippen LogP contribution in [0.1, 0.15) is 52.0 Å². The van der Waals surface area contributed by atoms with Crippen molar-refractivity contribution in [2.45, 2.75) is 55.2 Å². The average molecular weight is 732 g/mol. The van der Waals surface area contributed by atoms with E-state index >= 15 is 4.39 Å². The van der Waals surface area contributed by atoms with Crippen molar-refractivity contribution >= 4 is 35.1 Å². The molecular formula is C30H32ClF6N9O4. The zero-order chi connectivity index (χ0) is 36.2. The summed E-state index contributed by atoms with van der Waals surface area (Å²) < 4.78 is 85.5. The molecule has 2 aliphatic heterocycles. The highest BCUT2D eigenvalue weighted by atomic mass is 35.5. The number of benzene rings is 1. The molecule has 1 aliphatic carbocycles. The van der Waals surface area contributed by atoms with E-state index in [9.17, 15) is 41.4 Å². The summed E-state index contributed by atoms with van der Waals surface area (Å²) in [5, 5.41) is 23.7. The fourth-order valence-corrected chi connectivity index (χ4v) is 6.25. The zero-order valence-electron chi connectivity index (χ0n) is 26.3. The van der Waals surface area contributed by atoms with Crippen molar-refractivity contribution in [1.29, 1.82) is 0 Å². The Morgan fingerprint density at radius 3 is 2.44 bits per heavy atom. The first-order valence-electron chi connectivity index (χ1n) is 15.5. The molecule has 13 nitrogen and oxygen atoms in total. The topological polar surface area (TPSA) is 158 Å². The molecule has 1 unspecified atom stereocenters. The number of nitrogens with one attached hydrogen (secondary N) is 4. The third kappa shape index (κ3) is 7.25. The lowest BCUT2D eigenvalue weighted by atomic mass is 9.93. The molecule has 20 heteroatoms. The fraction of sp³-hybridized carbons (Fsp3) is 0.500. The lowest BCUT2D eigenvalue weighted by Crippen LogP contribution is -2.53. The van der Waals surface area contributed by atoms with Gasteiger partial charge < -0.3 is 35.8 Å². The van der Waals surface area contributed by atoms with Crippen molar-refractivity contribution in [3.05, 3.63) is 52.7 Å². The number of nitrogens with zero attached hydrogens (tertiary/aromatic N) is 5. The van der Waals surface area contributed by atoms with Crippen LogP contribution < -0.4 is 21.3 Å². The number of aliphatic hydroxyl groups excluding tert-OH is 1. The van der Waals surface area contributed by atoms with E-state index in [1.807, 2.05) is 0 Å². The van der Waals surface area contributed by atoms with Gasteiger partial charge in [-0.15, -0.1) is 0 Å². The van der Waals surface area contributed by atoms with Crippen LogP contribution in [0.15, 0.2) is 30.6 Å². The average Bonchev–Trinajstić information content (AvgIpc) is 3.43. The molecule has 0 spiro atoms. The van der Waals surface area contributed by atoms with Crippen LogP contribution in [-0.2, 0) is 13.2 Å². The van der Waals surface area contributed by atoms with Gasteiger partial charge in [0.05, 0.1) is 46.7 Å². The minimum Gasteiger partial charge on any atom is -0.390 e. The second-order valence-electron chi connectivity index (χ2n) is 12.6. The number of alkyl halides is 6. The summed E-state index contributed by atoms with van der Waals surface area (Å²) in [6, 6.07) is 1.44. The highest BCUT2D eigenvalue weighted by molar-refractivity contribution is 6.34. The number of carbonyl (C=O) groups excluding carboxylic acids is 3. The number of amides is 4. The van der Waals surface area contributed by atoms with E-state index in [1.54, 1.807) is 0 Å². The van der Waals surface area contributed by atoms with E-state index in [0.717, 1.165) is 17.0 Å². The molecule has 2 saturated heterocycles. The Morgan fingerprint density at radius 2 is 1.84 bits per heavy atom. The number of imidazole rings is 1. The Labute approximate surface area is 285 Å². The molecule has 2 aromatic heterocycles. The van der Waals surface area contributed by atoms with E-state index < -0.39 is 71.5 Å². The summed E-state index contributed by atoms with van der Waals surface area (Å²) in [5.74, 6) is -4.80. The number of hydrogen-bond donors (Lipinski definition) is 5. The maximum absolute atomic E-state index is 15.4. The van der Waals surface area contributed by atoms with Crippen LogP contribution in [0.5, 0.6) is 0 Å². The number of hydrogen-bond acceptors (Lipinski definition) is 7. The molecule has 1 aromatic carbocycles. The molecule has 3 aromatic rings. The minimum absolute atomic E-state index is 0.0357. The fourth-order valence-electron chi connectivity index (χ4n) is 5.99. The highest BCUT2D eigenvalue weighted by Crippen LogP contribution is 2.53. The maximum Gasteiger partial charge on any atom is 0.435 e. The number of β-amino-alcohol motifs (C(OH)–C–C–N with tert-alkyl or cyclic N) is 1. The standard InChI is InChI=1S/C30H32ClF6N9O4/c1-44-20(17-13-46(22-9-29(22,33)34)43-23(17)30(35,36)37)11-39-24(44)25(48)41-15-2-3-16(18(31)8-15)26(49)45-6-4-28(32,5-7-45)14-40-27(50)42-19-10-38-12-21(19)47/h2-3,8,11,13,19,21-22,38,47H,4-7,9-10,12,14H2,1H3,(H,41,48)(H2,40,42,50)/t19-,21-,22?/m0/s1. The Bertz CT molecular complexity index is 1810. The summed E-state index contributed by atoms with van der Waals surface area (Å²) >= 11 is 6.38. The van der Waals surface area contributed by atoms with Gasteiger partial charge >= 0.3 is 12.2 Å². The third-order valence-corrected chi connectivity index (χ3v) is 9.36. The number of rotatable bonds is 8. The summed E-state index contributed by atoms with van der Waals surface area (Å²) in [7, 11) is 1.28. The first-order chi connectivity index (χ1) is 23.5. The smallest absolute Gasteiger partial charge is 0.390 e. The zero-order valence-corrected chi connectivity index (χ0v) is 27.1. The van der Waals surface area contributed by atoms with Crippen molar-refractivity contribution in [3.8, 4) is 11.3 Å². The lowest BCUT2D eigenvalue weighted by molar-refractivity contribution is -0.141. The van der Waals surface area contributed by atoms with Crippen LogP contribution in [0, 0.1) is 0 Å². The van der Waals surface area contributed by atoms with E-state index in [1.165, 1.54) is 30.1 Å². The van der Waals surface area contributed by atoms with Gasteiger partial charge in [-0.1, -0.05) is 11.6 Å². The normalized spacial score (nSPS) is 22.7. The number of anilines is 1. The van der Waals surface area contributed by atoms with Gasteiger partial charge in [0.2, 0.25) is 0 Å². The van der Waals surface area contributed by atoms with Gasteiger partial charge in [0.15, 0.2) is 11.5 Å². The second kappa shape index (κ2) is 13.1. The number of carbonyl (C=O) groups is 3. The maximum atomic E-state index is 15.4. The molecule has 50 heavy (non-hydrogen) atoms. The number of aromatic nitrogens is 4. The number of halogens is 7. The minimum atomic E-state index is -4.97. The number of aliphatic hydroxyl groups is 1. The Balaban J connectivity index is 1.06. The van der Waals surface area contributed by atoms with Crippen molar-refractivity contribution in [2.75, 3.05) is 38.0 Å². The molecule has 4 heterocycles. The van der Waals surface area contributed by atoms with Gasteiger partial charge in [-0.3, -0.25) is 14.3 Å². The highest BCUT2D eigenvalue weighted by Gasteiger charge is 2.59. The van der Waals surface area contributed by atoms with Gasteiger partial charge in [-0.2, -0.15) is 18.3 Å². The van der Waals surface area contributed by atoms with E-state index in [4.69, 9.17) is 11.6 Å². The van der Waals surface area contributed by atoms with Crippen LogP contribution >= 0.6 is 11.6 Å². The summed E-state index contributed by atoms with van der Waals surface area (Å²) in [5.41, 5.74) is -3.66. The summed E-state index contributed by atoms with van der Waals surface area (Å²) in [4.78, 5) is 43.8. The monoisotopic (exact) mass is 731 g/mol. The molecule has 5 N–H and O–H groups in total. The number of likely N-dealkylation sites (tertiary alicyclic amines) is 1. The largest absolute Gasteiger partial charge is 0.435 e. The SMILES string of the molecule is Cn1c(-c2cn(C3CC3(F)F)nc2C(F)(F)F)cnc1C(=O)Nc1ccc(C(=O)N2CCC(F)(CNC(=O)N[C@H]3CNC[C@@H]3O)CC2)c(Cl)c1. The van der Waals surface area contributed by atoms with Gasteiger partial charge in [-0.25, -0.2) is 22.9 Å². The first-order valence-corrected chi connectivity index (χ1v) is 15.9. The molecule has 3 fully saturated rings. The van der Waals surface area contributed by atoms with E-state index in [0.29, 0.717) is 17.8 Å². The van der Waals surface area contributed by atoms with Crippen molar-refractivity contribution in [3.63, 3.8) is 0 Å². The second-order valence-corrected chi connectivity index (χ2v) is 13.0. The molecule has 6 rings (SSSR count). The van der Waals surface area contributed by atoms with Gasteiger partial charge in [0, 0.05) is 64.4 Å². The predicted molar refractivity (Wildman–Crippen MR) is 166 cm³/mol. The van der Waals surface area contributed by atoms with Crippen LogP contribution in [0.25, 0.3) is 11.3 Å². The van der Waals surface area contributed by atoms with Crippen LogP contribution in [0.3, 0.4) is 0 Å². The van der Waals surface area contributed by atoms with Crippen molar-refractivity contribution in [1.82, 2.24) is 40.2 Å². The number of piperidine rings is 1. The summed E-state index contributed by atoms with van der Waals surface area (Å²) in [6.45, 7) is 0.537. The van der Waals surface area contributed by atoms with Crippen LogP contribution in [-0.4, -0.2) is 104 Å². The number of urea groups is 1. The molecule has 3 atom stereocenters. The molecular weight excluding hydrogens is 700 g/mol. The van der Waals surface area contributed by atoms with Crippen LogP contribution in [0.4, 0.5) is 36.8 Å². The van der Waals surface area contributed by atoms with Gasteiger partial charge in [-0.05, 0) is 18.2 Å². The molecule has 3 aliphatic rings. The van der Waals surface area contributed by atoms with Gasteiger partial charge in [0.25, 0.3) is 17.7 Å². The Hall–Kier alpha value is -4.36. The first kappa shape index (κ1) is 35.5. The molecule has 4 amide bonds. The molecule has 1 saturated carbocycles. The quantitative estimate of drug-likeness (QED) is 0.223. The molecule has 0 radical (unpaired) electrons. The molecule has 0 bridgehead atoms. The lowest BCUT2D eigenvalue weighted by Gasteiger charge is -2.36. The third-order valence-electron chi connectivity index (χ3n) is 9.05. The van der Waals surface area contributed by atoms with E-state index in [2.05, 4.69) is 31.3 Å². The Morgan fingerprint density at radius 1 is 1.14 bits per heavy atom. The summed E-state index contributed by atoms with van der Waals surface area (Å²) in [6.07, 6.45) is -4.60. The predicted octanol–water partition coefficient (Wildman–Crippen LogP) is 3.36. The Kier molecular flexibility index (Phi) is 9.27. The van der Waals surface area contributed by atoms with Gasteiger partial charge in [0.1, 0.15) is 11.7 Å². The van der Waals surface area contributed by atoms with Crippen LogP contribution in [0.2, 0.25) is 5.02 Å². The van der Waals surface area contributed by atoms with E-state index in [-0.39, 0.29) is 60.3 Å². The molecule has 270 valence electrons.